The normalized spacial score (nSPS) is 10.8. The Morgan fingerprint density at radius 3 is 3.00 bits per heavy atom. The average molecular weight is 287 g/mol. The molecule has 0 saturated heterocycles. The van der Waals surface area contributed by atoms with Crippen molar-refractivity contribution in [2.45, 2.75) is 20.3 Å². The van der Waals surface area contributed by atoms with E-state index in [1.54, 1.807) is 12.4 Å². The second kappa shape index (κ2) is 7.63. The maximum Gasteiger partial charge on any atom is 0.0590 e. The first-order chi connectivity index (χ1) is 7.70. The molecule has 0 aliphatic carbocycles. The van der Waals surface area contributed by atoms with Crippen LogP contribution in [0.5, 0.6) is 0 Å². The molecule has 1 aromatic heterocycles. The molecule has 3 nitrogen and oxygen atoms in total. The van der Waals surface area contributed by atoms with Crippen LogP contribution in [0.3, 0.4) is 0 Å². The first-order valence-corrected chi connectivity index (χ1v) is 6.40. The largest absolute Gasteiger partial charge is 0.384 e. The number of rotatable bonds is 7. The Morgan fingerprint density at radius 2 is 2.31 bits per heavy atom. The predicted octanol–water partition coefficient (Wildman–Crippen LogP) is 3.32. The van der Waals surface area contributed by atoms with Gasteiger partial charge < -0.3 is 10.1 Å². The summed E-state index contributed by atoms with van der Waals surface area (Å²) in [5, 5.41) is 3.33. The number of anilines is 1. The Balaban J connectivity index is 2.10. The Kier molecular flexibility index (Phi) is 6.42. The highest BCUT2D eigenvalue weighted by Gasteiger charge is 1.97. The maximum atomic E-state index is 5.50. The molecule has 16 heavy (non-hydrogen) atoms. The van der Waals surface area contributed by atoms with E-state index in [-0.39, 0.29) is 0 Å². The van der Waals surface area contributed by atoms with Gasteiger partial charge in [-0.15, -0.1) is 0 Å². The number of ether oxygens (including phenoxy) is 1. The van der Waals surface area contributed by atoms with Gasteiger partial charge in [0.15, 0.2) is 0 Å². The highest BCUT2D eigenvalue weighted by Crippen LogP contribution is 2.19. The van der Waals surface area contributed by atoms with E-state index in [4.69, 9.17) is 4.74 Å². The molecule has 0 bridgehead atoms. The Hall–Kier alpha value is -0.610. The van der Waals surface area contributed by atoms with Crippen molar-refractivity contribution < 1.29 is 4.74 Å². The van der Waals surface area contributed by atoms with Crippen molar-refractivity contribution >= 4 is 21.6 Å². The molecule has 0 fully saturated rings. The summed E-state index contributed by atoms with van der Waals surface area (Å²) in [5.74, 6) is 0.613. The lowest BCUT2D eigenvalue weighted by molar-refractivity contribution is 0.110. The topological polar surface area (TPSA) is 34.1 Å². The smallest absolute Gasteiger partial charge is 0.0590 e. The van der Waals surface area contributed by atoms with Crippen LogP contribution in [-0.4, -0.2) is 24.7 Å². The molecule has 0 spiro atoms. The SMILES string of the molecule is CC(C)COCCCNc1ccncc1Br. The number of nitrogens with one attached hydrogen (secondary N) is 1. The zero-order chi connectivity index (χ0) is 11.8. The lowest BCUT2D eigenvalue weighted by Crippen LogP contribution is -2.08. The third-order valence-electron chi connectivity index (χ3n) is 2.00. The summed E-state index contributed by atoms with van der Waals surface area (Å²) >= 11 is 3.44. The van der Waals surface area contributed by atoms with E-state index >= 15 is 0 Å². The maximum absolute atomic E-state index is 5.50. The van der Waals surface area contributed by atoms with Crippen molar-refractivity contribution in [1.82, 2.24) is 4.98 Å². The lowest BCUT2D eigenvalue weighted by Gasteiger charge is -2.09. The summed E-state index contributed by atoms with van der Waals surface area (Å²) in [5.41, 5.74) is 1.08. The number of pyridine rings is 1. The van der Waals surface area contributed by atoms with Gasteiger partial charge in [-0.2, -0.15) is 0 Å². The van der Waals surface area contributed by atoms with E-state index in [1.165, 1.54) is 0 Å². The molecule has 0 unspecified atom stereocenters. The molecular weight excluding hydrogens is 268 g/mol. The molecule has 0 amide bonds. The number of nitrogens with zero attached hydrogens (tertiary/aromatic N) is 1. The minimum atomic E-state index is 0.613. The van der Waals surface area contributed by atoms with E-state index < -0.39 is 0 Å². The summed E-state index contributed by atoms with van der Waals surface area (Å²) in [6, 6.07) is 1.96. The van der Waals surface area contributed by atoms with Crippen molar-refractivity contribution in [3.05, 3.63) is 22.9 Å². The second-order valence-corrected chi connectivity index (χ2v) is 4.96. The molecule has 0 aromatic carbocycles. The molecule has 1 N–H and O–H groups in total. The van der Waals surface area contributed by atoms with Crippen LogP contribution >= 0.6 is 15.9 Å². The number of hydrogen-bond donors (Lipinski definition) is 1. The number of hydrogen-bond acceptors (Lipinski definition) is 3. The van der Waals surface area contributed by atoms with Crippen LogP contribution in [0.4, 0.5) is 5.69 Å². The Morgan fingerprint density at radius 1 is 1.50 bits per heavy atom. The average Bonchev–Trinajstić information content (AvgIpc) is 2.25. The molecule has 1 heterocycles. The van der Waals surface area contributed by atoms with Gasteiger partial charge in [0.1, 0.15) is 0 Å². The number of aromatic nitrogens is 1. The summed E-state index contributed by atoms with van der Waals surface area (Å²) in [7, 11) is 0. The van der Waals surface area contributed by atoms with Gasteiger partial charge in [-0.05, 0) is 34.3 Å². The quantitative estimate of drug-likeness (QED) is 0.781. The molecular formula is C12H19BrN2O. The van der Waals surface area contributed by atoms with Crippen molar-refractivity contribution in [3.63, 3.8) is 0 Å². The van der Waals surface area contributed by atoms with Gasteiger partial charge in [0.2, 0.25) is 0 Å². The highest BCUT2D eigenvalue weighted by molar-refractivity contribution is 9.10. The Bertz CT molecular complexity index is 305. The van der Waals surface area contributed by atoms with E-state index in [1.807, 2.05) is 6.07 Å². The molecule has 1 aromatic rings. The first kappa shape index (κ1) is 13.5. The van der Waals surface area contributed by atoms with Crippen LogP contribution in [0.1, 0.15) is 20.3 Å². The minimum absolute atomic E-state index is 0.613. The van der Waals surface area contributed by atoms with Crippen LogP contribution in [0, 0.1) is 5.92 Å². The van der Waals surface area contributed by atoms with Crippen molar-refractivity contribution in [1.29, 1.82) is 0 Å². The molecule has 0 radical (unpaired) electrons. The molecule has 90 valence electrons. The molecule has 0 saturated carbocycles. The Labute approximate surface area is 106 Å². The van der Waals surface area contributed by atoms with Crippen LogP contribution in [0.15, 0.2) is 22.9 Å². The number of halogens is 1. The molecule has 4 heteroatoms. The van der Waals surface area contributed by atoms with E-state index in [2.05, 4.69) is 40.1 Å². The monoisotopic (exact) mass is 286 g/mol. The van der Waals surface area contributed by atoms with Gasteiger partial charge in [0.25, 0.3) is 0 Å². The van der Waals surface area contributed by atoms with Gasteiger partial charge in [0.05, 0.1) is 10.2 Å². The van der Waals surface area contributed by atoms with Crippen LogP contribution < -0.4 is 5.32 Å². The molecule has 1 rings (SSSR count). The third-order valence-corrected chi connectivity index (χ3v) is 2.64. The molecule has 0 aliphatic heterocycles. The fourth-order valence-electron chi connectivity index (χ4n) is 1.23. The molecule has 0 atom stereocenters. The van der Waals surface area contributed by atoms with E-state index in [9.17, 15) is 0 Å². The van der Waals surface area contributed by atoms with E-state index in [0.29, 0.717) is 5.92 Å². The highest BCUT2D eigenvalue weighted by atomic mass is 79.9. The van der Waals surface area contributed by atoms with Gasteiger partial charge in [0, 0.05) is 32.2 Å². The summed E-state index contributed by atoms with van der Waals surface area (Å²) in [6.45, 7) is 6.90. The zero-order valence-corrected chi connectivity index (χ0v) is 11.5. The van der Waals surface area contributed by atoms with Gasteiger partial charge in [-0.1, -0.05) is 13.8 Å². The van der Waals surface area contributed by atoms with Gasteiger partial charge in [-0.25, -0.2) is 0 Å². The predicted molar refractivity (Wildman–Crippen MR) is 70.7 cm³/mol. The van der Waals surface area contributed by atoms with Crippen LogP contribution in [0.2, 0.25) is 0 Å². The fraction of sp³-hybridized carbons (Fsp3) is 0.583. The third kappa shape index (κ3) is 5.47. The van der Waals surface area contributed by atoms with Crippen LogP contribution in [-0.2, 0) is 4.74 Å². The fourth-order valence-corrected chi connectivity index (χ4v) is 1.63. The summed E-state index contributed by atoms with van der Waals surface area (Å²) in [4.78, 5) is 4.01. The van der Waals surface area contributed by atoms with Crippen molar-refractivity contribution in [2.24, 2.45) is 5.92 Å². The first-order valence-electron chi connectivity index (χ1n) is 5.61. The van der Waals surface area contributed by atoms with Gasteiger partial charge in [-0.3, -0.25) is 4.98 Å². The standard InChI is InChI=1S/C12H19BrN2O/c1-10(2)9-16-7-3-5-15-12-4-6-14-8-11(12)13/h4,6,8,10H,3,5,7,9H2,1-2H3,(H,14,15). The summed E-state index contributed by atoms with van der Waals surface area (Å²) < 4.78 is 6.50. The van der Waals surface area contributed by atoms with Gasteiger partial charge >= 0.3 is 0 Å². The second-order valence-electron chi connectivity index (χ2n) is 4.10. The van der Waals surface area contributed by atoms with Crippen molar-refractivity contribution in [2.75, 3.05) is 25.1 Å². The zero-order valence-electron chi connectivity index (χ0n) is 9.87. The van der Waals surface area contributed by atoms with Crippen molar-refractivity contribution in [3.8, 4) is 0 Å². The van der Waals surface area contributed by atoms with E-state index in [0.717, 1.165) is 36.3 Å². The lowest BCUT2D eigenvalue weighted by atomic mass is 10.2. The summed E-state index contributed by atoms with van der Waals surface area (Å²) in [6.07, 6.45) is 4.58. The van der Waals surface area contributed by atoms with Crippen LogP contribution in [0.25, 0.3) is 0 Å². The minimum Gasteiger partial charge on any atom is -0.384 e. The molecule has 0 aliphatic rings.